The van der Waals surface area contributed by atoms with Crippen molar-refractivity contribution < 1.29 is 29.0 Å². The number of halogens is 1. The SMILES string of the molecule is Cc1cc(NC(=O)[C@@H](CO)NC(=O)Oc2ccc(Cl)s2)ccc1N1CCOCC1=O. The van der Waals surface area contributed by atoms with Gasteiger partial charge in [-0.3, -0.25) is 9.59 Å². The smallest absolute Gasteiger partial charge is 0.399 e. The summed E-state index contributed by atoms with van der Waals surface area (Å²) in [6.07, 6.45) is -0.889. The standard InChI is InChI=1S/C19H20ClN3O6S/c1-11-8-12(2-3-14(11)23-6-7-28-10-16(23)25)21-18(26)13(9-24)22-19(27)29-17-5-4-15(20)30-17/h2-5,8,13,24H,6-7,9-10H2,1H3,(H,21,26)(H,22,27)/t13-/m1/s1. The number of carbonyl (C=O) groups excluding carboxylic acids is 3. The van der Waals surface area contributed by atoms with Gasteiger partial charge in [0.2, 0.25) is 5.91 Å². The third kappa shape index (κ3) is 5.48. The molecule has 11 heteroatoms. The second-order valence-electron chi connectivity index (χ2n) is 6.42. The van der Waals surface area contributed by atoms with Crippen LogP contribution in [0.15, 0.2) is 30.3 Å². The molecule has 160 valence electrons. The summed E-state index contributed by atoms with van der Waals surface area (Å²) in [6.45, 7) is 2.15. The lowest BCUT2D eigenvalue weighted by Gasteiger charge is -2.28. The fourth-order valence-corrected chi connectivity index (χ4v) is 3.72. The zero-order chi connectivity index (χ0) is 21.7. The lowest BCUT2D eigenvalue weighted by molar-refractivity contribution is -0.125. The van der Waals surface area contributed by atoms with Gasteiger partial charge < -0.3 is 30.1 Å². The Morgan fingerprint density at radius 3 is 2.80 bits per heavy atom. The molecule has 3 amide bonds. The first kappa shape index (κ1) is 22.0. The number of hydrogen-bond donors (Lipinski definition) is 3. The molecule has 1 aliphatic rings. The summed E-state index contributed by atoms with van der Waals surface area (Å²) in [5.41, 5.74) is 1.97. The van der Waals surface area contributed by atoms with Crippen molar-refractivity contribution in [3.8, 4) is 5.06 Å². The Hall–Kier alpha value is -2.66. The summed E-state index contributed by atoms with van der Waals surface area (Å²) in [7, 11) is 0. The van der Waals surface area contributed by atoms with E-state index in [1.54, 1.807) is 29.2 Å². The van der Waals surface area contributed by atoms with E-state index in [1.165, 1.54) is 6.07 Å². The molecular formula is C19H20ClN3O6S. The van der Waals surface area contributed by atoms with E-state index in [1.807, 2.05) is 6.92 Å². The molecule has 3 N–H and O–H groups in total. The molecule has 1 saturated heterocycles. The summed E-state index contributed by atoms with van der Waals surface area (Å²) in [5, 5.41) is 14.7. The summed E-state index contributed by atoms with van der Waals surface area (Å²) < 4.78 is 10.6. The van der Waals surface area contributed by atoms with Gasteiger partial charge in [-0.25, -0.2) is 4.79 Å². The summed E-state index contributed by atoms with van der Waals surface area (Å²) in [5.74, 6) is -0.746. The van der Waals surface area contributed by atoms with Crippen LogP contribution in [0.25, 0.3) is 0 Å². The fourth-order valence-electron chi connectivity index (χ4n) is 2.85. The topological polar surface area (TPSA) is 117 Å². The summed E-state index contributed by atoms with van der Waals surface area (Å²) in [6, 6.07) is 6.95. The molecule has 0 bridgehead atoms. The number of benzene rings is 1. The number of amides is 3. The maximum Gasteiger partial charge on any atom is 0.414 e. The lowest BCUT2D eigenvalue weighted by Crippen LogP contribution is -2.47. The lowest BCUT2D eigenvalue weighted by atomic mass is 10.1. The molecule has 0 aliphatic carbocycles. The first-order valence-corrected chi connectivity index (χ1v) is 10.2. The van der Waals surface area contributed by atoms with Gasteiger partial charge in [0.25, 0.3) is 5.91 Å². The third-order valence-electron chi connectivity index (χ3n) is 4.27. The molecule has 0 spiro atoms. The number of aryl methyl sites for hydroxylation is 1. The average molecular weight is 454 g/mol. The largest absolute Gasteiger partial charge is 0.414 e. The number of thiophene rings is 1. The van der Waals surface area contributed by atoms with E-state index in [0.29, 0.717) is 23.2 Å². The highest BCUT2D eigenvalue weighted by Crippen LogP contribution is 2.28. The van der Waals surface area contributed by atoms with Gasteiger partial charge in [0.05, 0.1) is 17.6 Å². The molecule has 2 aromatic rings. The highest BCUT2D eigenvalue weighted by Gasteiger charge is 2.24. The summed E-state index contributed by atoms with van der Waals surface area (Å²) in [4.78, 5) is 38.0. The minimum Gasteiger partial charge on any atom is -0.399 e. The maximum absolute atomic E-state index is 12.4. The quantitative estimate of drug-likeness (QED) is 0.617. The van der Waals surface area contributed by atoms with Crippen LogP contribution in [0, 0.1) is 6.92 Å². The van der Waals surface area contributed by atoms with E-state index >= 15 is 0 Å². The number of aliphatic hydroxyl groups excluding tert-OH is 1. The van der Waals surface area contributed by atoms with Crippen LogP contribution >= 0.6 is 22.9 Å². The van der Waals surface area contributed by atoms with Crippen molar-refractivity contribution in [3.63, 3.8) is 0 Å². The molecule has 0 saturated carbocycles. The van der Waals surface area contributed by atoms with E-state index < -0.39 is 24.6 Å². The normalized spacial score (nSPS) is 14.9. The monoisotopic (exact) mass is 453 g/mol. The Morgan fingerprint density at radius 1 is 1.37 bits per heavy atom. The highest BCUT2D eigenvalue weighted by molar-refractivity contribution is 7.17. The van der Waals surface area contributed by atoms with Crippen LogP contribution < -0.4 is 20.3 Å². The third-order valence-corrected chi connectivity index (χ3v) is 5.38. The van der Waals surface area contributed by atoms with Crippen molar-refractivity contribution in [2.24, 2.45) is 0 Å². The molecule has 3 rings (SSSR count). The Morgan fingerprint density at radius 2 is 2.17 bits per heavy atom. The minimum absolute atomic E-state index is 0.0373. The second-order valence-corrected chi connectivity index (χ2v) is 8.09. The number of rotatable bonds is 6. The molecule has 1 aromatic heterocycles. The van der Waals surface area contributed by atoms with Gasteiger partial charge in [-0.15, -0.1) is 0 Å². The average Bonchev–Trinajstić information content (AvgIpc) is 3.11. The number of hydrogen-bond acceptors (Lipinski definition) is 7. The maximum atomic E-state index is 12.4. The number of nitrogens with zero attached hydrogens (tertiary/aromatic N) is 1. The van der Waals surface area contributed by atoms with Gasteiger partial charge in [0.15, 0.2) is 5.06 Å². The van der Waals surface area contributed by atoms with Crippen molar-refractivity contribution in [2.45, 2.75) is 13.0 Å². The van der Waals surface area contributed by atoms with E-state index in [9.17, 15) is 19.5 Å². The van der Waals surface area contributed by atoms with Crippen molar-refractivity contribution in [2.75, 3.05) is 36.6 Å². The first-order chi connectivity index (χ1) is 14.4. The summed E-state index contributed by atoms with van der Waals surface area (Å²) >= 11 is 6.83. The molecule has 30 heavy (non-hydrogen) atoms. The van der Waals surface area contributed by atoms with Crippen LogP contribution in [-0.4, -0.2) is 55.4 Å². The molecule has 0 radical (unpaired) electrons. The van der Waals surface area contributed by atoms with Gasteiger partial charge in [0.1, 0.15) is 12.6 Å². The van der Waals surface area contributed by atoms with Crippen molar-refractivity contribution >= 4 is 52.2 Å². The fraction of sp³-hybridized carbons (Fsp3) is 0.316. The van der Waals surface area contributed by atoms with Crippen molar-refractivity contribution in [1.82, 2.24) is 5.32 Å². The van der Waals surface area contributed by atoms with Crippen LogP contribution in [0.5, 0.6) is 5.06 Å². The van der Waals surface area contributed by atoms with Gasteiger partial charge in [-0.1, -0.05) is 22.9 Å². The van der Waals surface area contributed by atoms with E-state index in [0.717, 1.165) is 22.6 Å². The number of ether oxygens (including phenoxy) is 2. The predicted octanol–water partition coefficient (Wildman–Crippen LogP) is 2.16. The van der Waals surface area contributed by atoms with E-state index in [2.05, 4.69) is 10.6 Å². The molecule has 9 nitrogen and oxygen atoms in total. The number of morpholine rings is 1. The van der Waals surface area contributed by atoms with Gasteiger partial charge >= 0.3 is 6.09 Å². The molecule has 1 fully saturated rings. The van der Waals surface area contributed by atoms with E-state index in [-0.39, 0.29) is 17.6 Å². The number of anilines is 2. The molecule has 1 aromatic carbocycles. The van der Waals surface area contributed by atoms with Crippen LogP contribution in [0.3, 0.4) is 0 Å². The Bertz CT molecular complexity index is 950. The highest BCUT2D eigenvalue weighted by atomic mass is 35.5. The van der Waals surface area contributed by atoms with Crippen molar-refractivity contribution in [3.05, 3.63) is 40.2 Å². The van der Waals surface area contributed by atoms with Crippen LogP contribution in [-0.2, 0) is 14.3 Å². The van der Waals surface area contributed by atoms with Gasteiger partial charge in [-0.2, -0.15) is 0 Å². The van der Waals surface area contributed by atoms with Crippen LogP contribution in [0.1, 0.15) is 5.56 Å². The number of aliphatic hydroxyl groups is 1. The van der Waals surface area contributed by atoms with Crippen LogP contribution in [0.4, 0.5) is 16.2 Å². The van der Waals surface area contributed by atoms with Crippen molar-refractivity contribution in [1.29, 1.82) is 0 Å². The van der Waals surface area contributed by atoms with Crippen LogP contribution in [0.2, 0.25) is 4.34 Å². The Balaban J connectivity index is 1.61. The minimum atomic E-state index is -1.21. The molecule has 1 atom stereocenters. The van der Waals surface area contributed by atoms with E-state index in [4.69, 9.17) is 21.1 Å². The second kappa shape index (κ2) is 9.90. The number of nitrogens with one attached hydrogen (secondary N) is 2. The Labute approximate surface area is 181 Å². The molecule has 1 aliphatic heterocycles. The number of carbonyl (C=O) groups is 3. The molecule has 2 heterocycles. The zero-order valence-electron chi connectivity index (χ0n) is 16.0. The zero-order valence-corrected chi connectivity index (χ0v) is 17.6. The first-order valence-electron chi connectivity index (χ1n) is 9.01. The van der Waals surface area contributed by atoms with Gasteiger partial charge in [0, 0.05) is 17.9 Å². The predicted molar refractivity (Wildman–Crippen MR) is 112 cm³/mol. The molecular weight excluding hydrogens is 434 g/mol. The molecule has 0 unspecified atom stereocenters. The van der Waals surface area contributed by atoms with Gasteiger partial charge in [-0.05, 0) is 42.8 Å². The Kier molecular flexibility index (Phi) is 7.27.